The van der Waals surface area contributed by atoms with Crippen LogP contribution >= 0.6 is 0 Å². The lowest BCUT2D eigenvalue weighted by molar-refractivity contribution is 0.566. The molecule has 0 spiro atoms. The summed E-state index contributed by atoms with van der Waals surface area (Å²) >= 11 is 0. The zero-order valence-electron chi connectivity index (χ0n) is 12.1. The van der Waals surface area contributed by atoms with Crippen LogP contribution in [0.3, 0.4) is 0 Å². The number of rotatable bonds is 11. The highest BCUT2D eigenvalue weighted by Gasteiger charge is 2.22. The van der Waals surface area contributed by atoms with Crippen LogP contribution in [0, 0.1) is 5.92 Å². The first-order chi connectivity index (χ1) is 8.34. The molecule has 0 aromatic heterocycles. The van der Waals surface area contributed by atoms with E-state index in [9.17, 15) is 0 Å². The topological polar surface area (TPSA) is 0 Å². The van der Waals surface area contributed by atoms with E-state index in [1.54, 1.807) is 5.57 Å². The highest BCUT2D eigenvalue weighted by atomic mass is 14.3. The zero-order valence-corrected chi connectivity index (χ0v) is 12.1. The monoisotopic (exact) mass is 236 g/mol. The number of allylic oxidation sites excluding steroid dienone is 2. The molecule has 0 nitrogen and oxygen atoms in total. The van der Waals surface area contributed by atoms with Crippen molar-refractivity contribution in [2.24, 2.45) is 5.92 Å². The highest BCUT2D eigenvalue weighted by Crippen LogP contribution is 2.36. The fourth-order valence-electron chi connectivity index (χ4n) is 2.49. The molecular weight excluding hydrogens is 204 g/mol. The van der Waals surface area contributed by atoms with Crippen molar-refractivity contribution in [1.82, 2.24) is 0 Å². The maximum atomic E-state index is 2.50. The average molecular weight is 236 g/mol. The second-order valence-corrected chi connectivity index (χ2v) is 5.84. The number of hydrogen-bond donors (Lipinski definition) is 0. The van der Waals surface area contributed by atoms with Crippen molar-refractivity contribution in [2.75, 3.05) is 0 Å². The van der Waals surface area contributed by atoms with Crippen molar-refractivity contribution in [2.45, 2.75) is 90.9 Å². The van der Waals surface area contributed by atoms with Crippen LogP contribution in [-0.4, -0.2) is 0 Å². The van der Waals surface area contributed by atoms with Gasteiger partial charge < -0.3 is 0 Å². The summed E-state index contributed by atoms with van der Waals surface area (Å²) < 4.78 is 0. The lowest BCUT2D eigenvalue weighted by Gasteiger charge is -2.01. The molecule has 1 rings (SSSR count). The summed E-state index contributed by atoms with van der Waals surface area (Å²) in [4.78, 5) is 0. The second kappa shape index (κ2) is 9.74. The van der Waals surface area contributed by atoms with Gasteiger partial charge in [-0.05, 0) is 38.5 Å². The summed E-state index contributed by atoms with van der Waals surface area (Å²) in [5.41, 5.74) is 1.67. The normalized spacial score (nSPS) is 16.5. The molecule has 0 amide bonds. The summed E-state index contributed by atoms with van der Waals surface area (Å²) in [7, 11) is 0. The van der Waals surface area contributed by atoms with Crippen molar-refractivity contribution in [1.29, 1.82) is 0 Å². The van der Waals surface area contributed by atoms with Crippen LogP contribution < -0.4 is 0 Å². The summed E-state index contributed by atoms with van der Waals surface area (Å²) in [5, 5.41) is 0. The minimum absolute atomic E-state index is 0.980. The Labute approximate surface area is 109 Å². The van der Waals surface area contributed by atoms with E-state index in [1.165, 1.54) is 77.0 Å². The summed E-state index contributed by atoms with van der Waals surface area (Å²) in [5.74, 6) is 0.980. The quantitative estimate of drug-likeness (QED) is 0.293. The van der Waals surface area contributed by atoms with Crippen molar-refractivity contribution in [3.8, 4) is 0 Å². The maximum absolute atomic E-state index is 2.50. The average Bonchev–Trinajstić information content (AvgIpc) is 3.15. The highest BCUT2D eigenvalue weighted by molar-refractivity contribution is 5.09. The van der Waals surface area contributed by atoms with Crippen LogP contribution in [0.4, 0.5) is 0 Å². The molecule has 0 N–H and O–H groups in total. The predicted molar refractivity (Wildman–Crippen MR) is 78.3 cm³/mol. The Hall–Kier alpha value is -0.260. The fraction of sp³-hybridized carbons (Fsp3) is 0.882. The Morgan fingerprint density at radius 1 is 0.882 bits per heavy atom. The minimum atomic E-state index is 0.980. The summed E-state index contributed by atoms with van der Waals surface area (Å²) in [6.45, 7) is 4.61. The molecule has 1 aliphatic carbocycles. The van der Waals surface area contributed by atoms with Gasteiger partial charge in [0.25, 0.3) is 0 Å². The standard InChI is InChI=1S/C17H32/c1-3-4-5-6-7-8-9-10-11-12-13-16(2)17-14-15-17/h13,17H,3-12,14-15H2,1-2H3/b16-13-. The molecule has 100 valence electrons. The molecule has 17 heavy (non-hydrogen) atoms. The van der Waals surface area contributed by atoms with Crippen LogP contribution in [0.15, 0.2) is 11.6 Å². The third kappa shape index (κ3) is 8.46. The van der Waals surface area contributed by atoms with Gasteiger partial charge in [-0.3, -0.25) is 0 Å². The smallest absolute Gasteiger partial charge is 0.0206 e. The third-order valence-electron chi connectivity index (χ3n) is 4.00. The van der Waals surface area contributed by atoms with Crippen molar-refractivity contribution >= 4 is 0 Å². The molecule has 0 aromatic rings. The first-order valence-electron chi connectivity index (χ1n) is 8.01. The first kappa shape index (κ1) is 14.8. The Morgan fingerprint density at radius 3 is 1.94 bits per heavy atom. The molecule has 0 unspecified atom stereocenters. The molecule has 0 heterocycles. The van der Waals surface area contributed by atoms with Gasteiger partial charge in [-0.15, -0.1) is 0 Å². The van der Waals surface area contributed by atoms with E-state index >= 15 is 0 Å². The number of hydrogen-bond acceptors (Lipinski definition) is 0. The molecule has 0 bridgehead atoms. The van der Waals surface area contributed by atoms with Crippen LogP contribution in [0.25, 0.3) is 0 Å². The van der Waals surface area contributed by atoms with Crippen molar-refractivity contribution < 1.29 is 0 Å². The summed E-state index contributed by atoms with van der Waals surface area (Å²) in [6.07, 6.45) is 19.7. The molecular formula is C17H32. The molecule has 0 aromatic carbocycles. The largest absolute Gasteiger partial charge is 0.0853 e. The Balaban J connectivity index is 1.76. The van der Waals surface area contributed by atoms with Gasteiger partial charge in [0.1, 0.15) is 0 Å². The molecule has 0 heteroatoms. The van der Waals surface area contributed by atoms with Crippen molar-refractivity contribution in [3.63, 3.8) is 0 Å². The lowest BCUT2D eigenvalue weighted by atomic mass is 10.1. The van der Waals surface area contributed by atoms with Crippen LogP contribution in [-0.2, 0) is 0 Å². The minimum Gasteiger partial charge on any atom is -0.0853 e. The van der Waals surface area contributed by atoms with Gasteiger partial charge >= 0.3 is 0 Å². The van der Waals surface area contributed by atoms with Gasteiger partial charge in [0, 0.05) is 0 Å². The summed E-state index contributed by atoms with van der Waals surface area (Å²) in [6, 6.07) is 0. The number of unbranched alkanes of at least 4 members (excludes halogenated alkanes) is 9. The van der Waals surface area contributed by atoms with Crippen LogP contribution in [0.2, 0.25) is 0 Å². The van der Waals surface area contributed by atoms with Gasteiger partial charge in [0.15, 0.2) is 0 Å². The van der Waals surface area contributed by atoms with Gasteiger partial charge in [-0.2, -0.15) is 0 Å². The molecule has 0 radical (unpaired) electrons. The molecule has 0 saturated heterocycles. The third-order valence-corrected chi connectivity index (χ3v) is 4.00. The van der Waals surface area contributed by atoms with Gasteiger partial charge in [0.05, 0.1) is 0 Å². The molecule has 1 fully saturated rings. The SMILES string of the molecule is CCCCCCCCCCC/C=C(/C)C1CC1. The van der Waals surface area contributed by atoms with E-state index in [4.69, 9.17) is 0 Å². The Kier molecular flexibility index (Phi) is 8.48. The van der Waals surface area contributed by atoms with Gasteiger partial charge in [-0.25, -0.2) is 0 Å². The van der Waals surface area contributed by atoms with E-state index in [2.05, 4.69) is 19.9 Å². The van der Waals surface area contributed by atoms with E-state index in [-0.39, 0.29) is 0 Å². The first-order valence-corrected chi connectivity index (χ1v) is 8.01. The van der Waals surface area contributed by atoms with Crippen LogP contribution in [0.5, 0.6) is 0 Å². The Morgan fingerprint density at radius 2 is 1.41 bits per heavy atom. The molecule has 0 atom stereocenters. The predicted octanol–water partition coefficient (Wildman–Crippen LogP) is 6.26. The zero-order chi connectivity index (χ0) is 12.3. The van der Waals surface area contributed by atoms with E-state index in [1.807, 2.05) is 0 Å². The van der Waals surface area contributed by atoms with Crippen molar-refractivity contribution in [3.05, 3.63) is 11.6 Å². The van der Waals surface area contributed by atoms with Gasteiger partial charge in [-0.1, -0.05) is 69.9 Å². The molecule has 0 aliphatic heterocycles. The van der Waals surface area contributed by atoms with E-state index in [0.717, 1.165) is 5.92 Å². The molecule has 1 saturated carbocycles. The van der Waals surface area contributed by atoms with E-state index in [0.29, 0.717) is 0 Å². The fourth-order valence-corrected chi connectivity index (χ4v) is 2.49. The van der Waals surface area contributed by atoms with Gasteiger partial charge in [0.2, 0.25) is 0 Å². The maximum Gasteiger partial charge on any atom is -0.0206 e. The molecule has 1 aliphatic rings. The van der Waals surface area contributed by atoms with Crippen LogP contribution in [0.1, 0.15) is 90.9 Å². The Bertz CT molecular complexity index is 198. The van der Waals surface area contributed by atoms with E-state index < -0.39 is 0 Å². The second-order valence-electron chi connectivity index (χ2n) is 5.84. The lowest BCUT2D eigenvalue weighted by Crippen LogP contribution is -1.82.